The predicted molar refractivity (Wildman–Crippen MR) is 132 cm³/mol. The number of nitrogens with zero attached hydrogens (tertiary/aromatic N) is 4. The molecule has 0 radical (unpaired) electrons. The quantitative estimate of drug-likeness (QED) is 0.528. The summed E-state index contributed by atoms with van der Waals surface area (Å²) in [7, 11) is -0.625. The van der Waals surface area contributed by atoms with Crippen molar-refractivity contribution in [3.8, 4) is 0 Å². The number of rotatable bonds is 6. The second-order valence-electron chi connectivity index (χ2n) is 9.15. The van der Waals surface area contributed by atoms with E-state index < -0.39 is 40.8 Å². The summed E-state index contributed by atoms with van der Waals surface area (Å²) >= 11 is 6.15. The first-order valence-electron chi connectivity index (χ1n) is 11.5. The lowest BCUT2D eigenvalue weighted by Crippen LogP contribution is -2.55. The summed E-state index contributed by atoms with van der Waals surface area (Å²) in [5.41, 5.74) is 4.09. The van der Waals surface area contributed by atoms with Gasteiger partial charge in [-0.15, -0.1) is 0 Å². The minimum atomic E-state index is -5.75. The van der Waals surface area contributed by atoms with Gasteiger partial charge in [-0.25, -0.2) is 5.43 Å². The normalized spacial score (nSPS) is 22.2. The molecule has 0 spiro atoms. The monoisotopic (exact) mass is 567 g/mol. The van der Waals surface area contributed by atoms with E-state index >= 15 is 0 Å². The Morgan fingerprint density at radius 3 is 2.22 bits per heavy atom. The van der Waals surface area contributed by atoms with Crippen molar-refractivity contribution in [2.45, 2.75) is 30.6 Å². The Hall–Kier alpha value is -2.19. The molecule has 2 heterocycles. The average Bonchev–Trinajstić information content (AvgIpc) is 3.30. The lowest BCUT2D eigenvalue weighted by molar-refractivity contribution is -0.289. The molecule has 2 fully saturated rings. The number of hydrogen-bond acceptors (Lipinski definition) is 5. The second-order valence-corrected chi connectivity index (χ2v) is 11.7. The topological polar surface area (TPSA) is 59.1 Å². The molecule has 0 amide bonds. The van der Waals surface area contributed by atoms with Crippen LogP contribution in [0, 0.1) is 0 Å². The van der Waals surface area contributed by atoms with E-state index in [2.05, 4.69) is 5.43 Å². The number of anilines is 2. The SMILES string of the molecule is CN(C)S(=O)(=O)N1CCN(c2cccc(C3CC(C(F)(F)C(F)(F)F)N(c4ccccc4Cl)N3)c2)CC1. The van der Waals surface area contributed by atoms with Crippen molar-refractivity contribution in [1.29, 1.82) is 0 Å². The molecule has 2 aliphatic rings. The fraction of sp³-hybridized carbons (Fsp3) is 0.478. The van der Waals surface area contributed by atoms with Crippen LogP contribution in [0.2, 0.25) is 5.02 Å². The van der Waals surface area contributed by atoms with Crippen molar-refractivity contribution < 1.29 is 30.4 Å². The van der Waals surface area contributed by atoms with Crippen LogP contribution in [0.25, 0.3) is 0 Å². The summed E-state index contributed by atoms with van der Waals surface area (Å²) in [5, 5.41) is 0.857. The molecule has 2 aliphatic heterocycles. The van der Waals surface area contributed by atoms with E-state index in [0.29, 0.717) is 18.7 Å². The number of hydrogen-bond donors (Lipinski definition) is 1. The Kier molecular flexibility index (Phi) is 7.65. The Morgan fingerprint density at radius 2 is 1.62 bits per heavy atom. The third-order valence-corrected chi connectivity index (χ3v) is 8.90. The van der Waals surface area contributed by atoms with Crippen molar-refractivity contribution in [2.75, 3.05) is 50.2 Å². The predicted octanol–water partition coefficient (Wildman–Crippen LogP) is 4.29. The number of nitrogens with one attached hydrogen (secondary N) is 1. The van der Waals surface area contributed by atoms with Gasteiger partial charge in [0.05, 0.1) is 16.8 Å². The van der Waals surface area contributed by atoms with Crippen molar-refractivity contribution in [1.82, 2.24) is 14.0 Å². The van der Waals surface area contributed by atoms with Crippen LogP contribution < -0.4 is 15.3 Å². The number of alkyl halides is 5. The zero-order valence-corrected chi connectivity index (χ0v) is 21.7. The van der Waals surface area contributed by atoms with Crippen LogP contribution in [-0.2, 0) is 10.2 Å². The van der Waals surface area contributed by atoms with Gasteiger partial charge in [-0.3, -0.25) is 5.01 Å². The molecule has 0 saturated carbocycles. The second kappa shape index (κ2) is 10.2. The summed E-state index contributed by atoms with van der Waals surface area (Å²) in [4.78, 5) is 1.95. The third kappa shape index (κ3) is 5.37. The summed E-state index contributed by atoms with van der Waals surface area (Å²) in [6, 6.07) is 9.69. The van der Waals surface area contributed by atoms with E-state index in [1.165, 1.54) is 36.6 Å². The number of piperazine rings is 1. The van der Waals surface area contributed by atoms with Crippen molar-refractivity contribution in [2.24, 2.45) is 0 Å². The van der Waals surface area contributed by atoms with E-state index in [4.69, 9.17) is 11.6 Å². The Morgan fingerprint density at radius 1 is 0.973 bits per heavy atom. The van der Waals surface area contributed by atoms with Gasteiger partial charge < -0.3 is 4.90 Å². The molecule has 2 atom stereocenters. The van der Waals surface area contributed by atoms with E-state index in [9.17, 15) is 30.4 Å². The molecule has 2 aromatic carbocycles. The van der Waals surface area contributed by atoms with E-state index in [0.717, 1.165) is 15.0 Å². The minimum Gasteiger partial charge on any atom is -0.369 e. The summed E-state index contributed by atoms with van der Waals surface area (Å²) in [6.45, 7) is 1.31. The van der Waals surface area contributed by atoms with Crippen LogP contribution >= 0.6 is 11.6 Å². The van der Waals surface area contributed by atoms with Crippen LogP contribution in [0.4, 0.5) is 33.3 Å². The fourth-order valence-electron chi connectivity index (χ4n) is 4.58. The number of benzene rings is 2. The maximum Gasteiger partial charge on any atom is 0.455 e. The highest BCUT2D eigenvalue weighted by Gasteiger charge is 2.66. The largest absolute Gasteiger partial charge is 0.455 e. The van der Waals surface area contributed by atoms with Crippen LogP contribution in [0.5, 0.6) is 0 Å². The minimum absolute atomic E-state index is 0.0231. The Bertz CT molecular complexity index is 1220. The van der Waals surface area contributed by atoms with Gasteiger partial charge in [0.2, 0.25) is 0 Å². The zero-order chi connectivity index (χ0) is 27.2. The van der Waals surface area contributed by atoms with Gasteiger partial charge in [-0.1, -0.05) is 35.9 Å². The maximum atomic E-state index is 14.6. The highest BCUT2D eigenvalue weighted by Crippen LogP contribution is 2.47. The Labute approximate surface area is 217 Å². The summed E-state index contributed by atoms with van der Waals surface area (Å²) in [5.74, 6) is -5.00. The standard InChI is InChI=1S/C23H27ClF5N5O2S/c1-31(2)37(35,36)33-12-10-32(11-13-33)17-7-5-6-16(14-17)19-15-21(22(25,26)23(27,28)29)34(30-19)20-9-4-3-8-18(20)24/h3-9,14,19,21,30H,10-13,15H2,1-2H3. The molecule has 0 bridgehead atoms. The third-order valence-electron chi connectivity index (χ3n) is 6.64. The first-order chi connectivity index (χ1) is 17.2. The average molecular weight is 568 g/mol. The van der Waals surface area contributed by atoms with Crippen molar-refractivity contribution in [3.63, 3.8) is 0 Å². The molecule has 1 N–H and O–H groups in total. The molecular formula is C23H27ClF5N5O2S. The fourth-order valence-corrected chi connectivity index (χ4v) is 5.89. The highest BCUT2D eigenvalue weighted by molar-refractivity contribution is 7.86. The van der Waals surface area contributed by atoms with E-state index in [1.54, 1.807) is 30.3 Å². The molecule has 0 aliphatic carbocycles. The maximum absolute atomic E-state index is 14.6. The van der Waals surface area contributed by atoms with Crippen LogP contribution in [0.1, 0.15) is 18.0 Å². The van der Waals surface area contributed by atoms with Gasteiger partial charge in [0, 0.05) is 46.0 Å². The lowest BCUT2D eigenvalue weighted by atomic mass is 9.97. The molecular weight excluding hydrogens is 541 g/mol. The highest BCUT2D eigenvalue weighted by atomic mass is 35.5. The summed E-state index contributed by atoms with van der Waals surface area (Å²) in [6.07, 6.45) is -6.27. The van der Waals surface area contributed by atoms with Crippen molar-refractivity contribution in [3.05, 3.63) is 59.1 Å². The van der Waals surface area contributed by atoms with Crippen molar-refractivity contribution >= 4 is 33.2 Å². The van der Waals surface area contributed by atoms with Crippen LogP contribution in [-0.4, -0.2) is 75.4 Å². The first-order valence-corrected chi connectivity index (χ1v) is 13.3. The molecule has 2 saturated heterocycles. The summed E-state index contributed by atoms with van der Waals surface area (Å²) < 4.78 is 96.7. The lowest BCUT2D eigenvalue weighted by Gasteiger charge is -2.36. The van der Waals surface area contributed by atoms with E-state index in [1.807, 2.05) is 4.90 Å². The molecule has 7 nitrogen and oxygen atoms in total. The molecule has 14 heteroatoms. The molecule has 2 aromatic rings. The van der Waals surface area contributed by atoms with Crippen LogP contribution in [0.15, 0.2) is 48.5 Å². The van der Waals surface area contributed by atoms with Gasteiger partial charge in [-0.05, 0) is 36.2 Å². The number of para-hydroxylation sites is 1. The molecule has 37 heavy (non-hydrogen) atoms. The van der Waals surface area contributed by atoms with Gasteiger partial charge >= 0.3 is 12.1 Å². The van der Waals surface area contributed by atoms with Gasteiger partial charge in [0.15, 0.2) is 0 Å². The molecule has 0 aromatic heterocycles. The van der Waals surface area contributed by atoms with Gasteiger partial charge in [0.25, 0.3) is 10.2 Å². The van der Waals surface area contributed by atoms with Gasteiger partial charge in [-0.2, -0.15) is 39.0 Å². The smallest absolute Gasteiger partial charge is 0.369 e. The molecule has 204 valence electrons. The molecule has 4 rings (SSSR count). The zero-order valence-electron chi connectivity index (χ0n) is 20.1. The number of hydrazine groups is 1. The van der Waals surface area contributed by atoms with E-state index in [-0.39, 0.29) is 23.8 Å². The first kappa shape index (κ1) is 27.8. The van der Waals surface area contributed by atoms with Gasteiger partial charge in [0.1, 0.15) is 6.04 Å². The molecule has 2 unspecified atom stereocenters. The Balaban J connectivity index is 1.58. The van der Waals surface area contributed by atoms with Crippen LogP contribution in [0.3, 0.4) is 0 Å². The number of halogens is 6.